The van der Waals surface area contributed by atoms with Gasteiger partial charge in [0.1, 0.15) is 5.69 Å². The lowest BCUT2D eigenvalue weighted by atomic mass is 10.1. The molecule has 0 fully saturated rings. The van der Waals surface area contributed by atoms with Gasteiger partial charge in [0.25, 0.3) is 5.91 Å². The molecule has 26 heavy (non-hydrogen) atoms. The van der Waals surface area contributed by atoms with Crippen molar-refractivity contribution < 1.29 is 4.79 Å². The van der Waals surface area contributed by atoms with Gasteiger partial charge in [0.2, 0.25) is 0 Å². The number of para-hydroxylation sites is 1. The number of hydrogen-bond donors (Lipinski definition) is 1. The topological polar surface area (TPSA) is 45.2 Å². The standard InChI is InChI=1S/C22H23N3O/c1-2-15-23-19-13-14-21(24-16-19)22(26)25(20-11-7-4-8-12-20)17-18-9-5-3-6-10-18/h3-14,16,23H,2,15,17H2,1H3. The van der Waals surface area contributed by atoms with Crippen LogP contribution in [0.15, 0.2) is 79.0 Å². The maximum absolute atomic E-state index is 13.1. The molecule has 0 saturated carbocycles. The Balaban J connectivity index is 1.85. The molecule has 1 amide bonds. The van der Waals surface area contributed by atoms with Gasteiger partial charge in [0, 0.05) is 12.2 Å². The van der Waals surface area contributed by atoms with Gasteiger partial charge in [-0.25, -0.2) is 4.98 Å². The van der Waals surface area contributed by atoms with E-state index in [2.05, 4.69) is 17.2 Å². The fraction of sp³-hybridized carbons (Fsp3) is 0.182. The van der Waals surface area contributed by atoms with Crippen LogP contribution in [-0.2, 0) is 6.54 Å². The van der Waals surface area contributed by atoms with E-state index >= 15 is 0 Å². The van der Waals surface area contributed by atoms with E-state index in [0.29, 0.717) is 12.2 Å². The molecular weight excluding hydrogens is 322 g/mol. The summed E-state index contributed by atoms with van der Waals surface area (Å²) in [6.07, 6.45) is 2.76. The Morgan fingerprint density at radius 2 is 1.65 bits per heavy atom. The number of rotatable bonds is 7. The average Bonchev–Trinajstić information content (AvgIpc) is 2.72. The molecule has 4 heteroatoms. The molecule has 0 spiro atoms. The first-order chi connectivity index (χ1) is 12.8. The van der Waals surface area contributed by atoms with E-state index in [9.17, 15) is 4.79 Å². The van der Waals surface area contributed by atoms with Crippen molar-refractivity contribution in [1.29, 1.82) is 0 Å². The molecule has 0 bridgehead atoms. The van der Waals surface area contributed by atoms with Gasteiger partial charge in [0.05, 0.1) is 18.4 Å². The van der Waals surface area contributed by atoms with Gasteiger partial charge < -0.3 is 10.2 Å². The normalized spacial score (nSPS) is 10.3. The fourth-order valence-corrected chi connectivity index (χ4v) is 2.69. The number of benzene rings is 2. The quantitative estimate of drug-likeness (QED) is 0.672. The lowest BCUT2D eigenvalue weighted by Crippen LogP contribution is -2.31. The number of carbonyl (C=O) groups excluding carboxylic acids is 1. The zero-order valence-corrected chi connectivity index (χ0v) is 14.9. The maximum Gasteiger partial charge on any atom is 0.277 e. The molecule has 3 rings (SSSR count). The highest BCUT2D eigenvalue weighted by Crippen LogP contribution is 2.20. The monoisotopic (exact) mass is 345 g/mol. The first kappa shape index (κ1) is 17.7. The number of carbonyl (C=O) groups is 1. The van der Waals surface area contributed by atoms with Crippen molar-refractivity contribution in [2.75, 3.05) is 16.8 Å². The smallest absolute Gasteiger partial charge is 0.277 e. The summed E-state index contributed by atoms with van der Waals surface area (Å²) in [7, 11) is 0. The van der Waals surface area contributed by atoms with Crippen LogP contribution in [0.25, 0.3) is 0 Å². The first-order valence-electron chi connectivity index (χ1n) is 8.88. The molecular formula is C22H23N3O. The second kappa shape index (κ2) is 8.81. The number of aromatic nitrogens is 1. The van der Waals surface area contributed by atoms with Crippen molar-refractivity contribution in [1.82, 2.24) is 4.98 Å². The molecule has 4 nitrogen and oxygen atoms in total. The summed E-state index contributed by atoms with van der Waals surface area (Å²) >= 11 is 0. The Kier molecular flexibility index (Phi) is 5.99. The molecule has 0 atom stereocenters. The largest absolute Gasteiger partial charge is 0.384 e. The van der Waals surface area contributed by atoms with E-state index < -0.39 is 0 Å². The highest BCUT2D eigenvalue weighted by atomic mass is 16.2. The third-order valence-corrected chi connectivity index (χ3v) is 4.06. The van der Waals surface area contributed by atoms with E-state index in [1.165, 1.54) is 0 Å². The summed E-state index contributed by atoms with van der Waals surface area (Å²) in [5.74, 6) is -0.109. The summed E-state index contributed by atoms with van der Waals surface area (Å²) in [5.41, 5.74) is 3.30. The van der Waals surface area contributed by atoms with Crippen molar-refractivity contribution in [3.05, 3.63) is 90.3 Å². The van der Waals surface area contributed by atoms with Crippen LogP contribution in [0.3, 0.4) is 0 Å². The Hall–Kier alpha value is -3.14. The van der Waals surface area contributed by atoms with E-state index in [4.69, 9.17) is 0 Å². The molecule has 0 radical (unpaired) electrons. The van der Waals surface area contributed by atoms with Crippen LogP contribution >= 0.6 is 0 Å². The molecule has 0 unspecified atom stereocenters. The van der Waals surface area contributed by atoms with Crippen LogP contribution in [0, 0.1) is 0 Å². The maximum atomic E-state index is 13.1. The van der Waals surface area contributed by atoms with Crippen LogP contribution in [0.1, 0.15) is 29.4 Å². The predicted molar refractivity (Wildman–Crippen MR) is 106 cm³/mol. The highest BCUT2D eigenvalue weighted by Gasteiger charge is 2.19. The van der Waals surface area contributed by atoms with Gasteiger partial charge in [-0.3, -0.25) is 4.79 Å². The van der Waals surface area contributed by atoms with Crippen LogP contribution < -0.4 is 10.2 Å². The highest BCUT2D eigenvalue weighted by molar-refractivity contribution is 6.04. The summed E-state index contributed by atoms with van der Waals surface area (Å²) in [4.78, 5) is 19.2. The minimum absolute atomic E-state index is 0.109. The van der Waals surface area contributed by atoms with Crippen LogP contribution in [0.5, 0.6) is 0 Å². The van der Waals surface area contributed by atoms with E-state index in [-0.39, 0.29) is 5.91 Å². The Morgan fingerprint density at radius 1 is 0.962 bits per heavy atom. The van der Waals surface area contributed by atoms with E-state index in [0.717, 1.165) is 29.9 Å². The zero-order chi connectivity index (χ0) is 18.2. The minimum Gasteiger partial charge on any atom is -0.384 e. The first-order valence-corrected chi connectivity index (χ1v) is 8.88. The molecule has 1 heterocycles. The number of nitrogens with zero attached hydrogens (tertiary/aromatic N) is 2. The Labute approximate surface area is 154 Å². The molecule has 1 aromatic heterocycles. The molecule has 1 N–H and O–H groups in total. The van der Waals surface area contributed by atoms with Crippen LogP contribution in [-0.4, -0.2) is 17.4 Å². The van der Waals surface area contributed by atoms with Gasteiger partial charge in [-0.1, -0.05) is 55.5 Å². The zero-order valence-electron chi connectivity index (χ0n) is 14.9. The second-order valence-electron chi connectivity index (χ2n) is 6.07. The molecule has 0 saturated heterocycles. The SMILES string of the molecule is CCCNc1ccc(C(=O)N(Cc2ccccc2)c2ccccc2)nc1. The fourth-order valence-electron chi connectivity index (χ4n) is 2.69. The van der Waals surface area contributed by atoms with Gasteiger partial charge in [-0.05, 0) is 36.2 Å². The Morgan fingerprint density at radius 3 is 2.27 bits per heavy atom. The molecule has 2 aromatic carbocycles. The molecule has 3 aromatic rings. The predicted octanol–water partition coefficient (Wildman–Crippen LogP) is 4.75. The summed E-state index contributed by atoms with van der Waals surface area (Å²) < 4.78 is 0. The third kappa shape index (κ3) is 4.48. The number of nitrogens with one attached hydrogen (secondary N) is 1. The van der Waals surface area contributed by atoms with Crippen molar-refractivity contribution >= 4 is 17.3 Å². The third-order valence-electron chi connectivity index (χ3n) is 4.06. The lowest BCUT2D eigenvalue weighted by Gasteiger charge is -2.23. The van der Waals surface area contributed by atoms with Gasteiger partial charge in [-0.2, -0.15) is 0 Å². The van der Waals surface area contributed by atoms with Crippen molar-refractivity contribution in [3.8, 4) is 0 Å². The molecule has 0 aliphatic rings. The molecule has 132 valence electrons. The summed E-state index contributed by atoms with van der Waals surface area (Å²) in [6, 6.07) is 23.4. The van der Waals surface area contributed by atoms with Crippen LogP contribution in [0.2, 0.25) is 0 Å². The van der Waals surface area contributed by atoms with E-state index in [1.54, 1.807) is 17.2 Å². The number of amides is 1. The summed E-state index contributed by atoms with van der Waals surface area (Å²) in [5, 5.41) is 3.27. The molecule has 0 aliphatic carbocycles. The van der Waals surface area contributed by atoms with Crippen molar-refractivity contribution in [3.63, 3.8) is 0 Å². The van der Waals surface area contributed by atoms with Crippen LogP contribution in [0.4, 0.5) is 11.4 Å². The van der Waals surface area contributed by atoms with E-state index in [1.807, 2.05) is 66.7 Å². The minimum atomic E-state index is -0.109. The number of anilines is 2. The lowest BCUT2D eigenvalue weighted by molar-refractivity contribution is 0.0980. The molecule has 0 aliphatic heterocycles. The summed E-state index contributed by atoms with van der Waals surface area (Å²) in [6.45, 7) is 3.50. The van der Waals surface area contributed by atoms with Gasteiger partial charge in [-0.15, -0.1) is 0 Å². The number of hydrogen-bond acceptors (Lipinski definition) is 3. The van der Waals surface area contributed by atoms with Gasteiger partial charge in [0.15, 0.2) is 0 Å². The van der Waals surface area contributed by atoms with Crippen molar-refractivity contribution in [2.45, 2.75) is 19.9 Å². The average molecular weight is 345 g/mol. The van der Waals surface area contributed by atoms with Gasteiger partial charge >= 0.3 is 0 Å². The second-order valence-corrected chi connectivity index (χ2v) is 6.07. The van der Waals surface area contributed by atoms with Crippen molar-refractivity contribution in [2.24, 2.45) is 0 Å². The Bertz CT molecular complexity index is 817. The number of pyridine rings is 1.